The van der Waals surface area contributed by atoms with E-state index < -0.39 is 10.0 Å². The van der Waals surface area contributed by atoms with Crippen LogP contribution in [0.4, 0.5) is 5.69 Å². The van der Waals surface area contributed by atoms with Crippen molar-refractivity contribution >= 4 is 33.2 Å². The Morgan fingerprint density at radius 2 is 1.53 bits per heavy atom. The Morgan fingerprint density at radius 3 is 2.15 bits per heavy atom. The third kappa shape index (κ3) is 5.27. The average Bonchev–Trinajstić information content (AvgIpc) is 2.88. The van der Waals surface area contributed by atoms with E-state index in [0.717, 1.165) is 11.3 Å². The summed E-state index contributed by atoms with van der Waals surface area (Å²) in [5.41, 5.74) is 2.27. The lowest BCUT2D eigenvalue weighted by Crippen LogP contribution is -2.48. The van der Waals surface area contributed by atoms with E-state index in [0.29, 0.717) is 39.3 Å². The number of nitrogens with zero attached hydrogens (tertiary/aromatic N) is 3. The molecule has 0 radical (unpaired) electrons. The third-order valence-electron chi connectivity index (χ3n) is 6.05. The van der Waals surface area contributed by atoms with Gasteiger partial charge in [0.15, 0.2) is 0 Å². The molecule has 34 heavy (non-hydrogen) atoms. The molecular formula is C26H28ClN3O3S. The SMILES string of the molecule is CCN(Cc1ccccc1)C(=O)c1cc(S(=O)(=O)N2CCN(c3ccccc3)CC2)ccc1Cl. The van der Waals surface area contributed by atoms with Gasteiger partial charge in [0.1, 0.15) is 0 Å². The van der Waals surface area contributed by atoms with Crippen LogP contribution in [-0.4, -0.2) is 56.3 Å². The van der Waals surface area contributed by atoms with Gasteiger partial charge in [-0.2, -0.15) is 4.31 Å². The predicted octanol–water partition coefficient (Wildman–Crippen LogP) is 4.51. The zero-order valence-electron chi connectivity index (χ0n) is 19.1. The molecule has 1 aliphatic heterocycles. The summed E-state index contributed by atoms with van der Waals surface area (Å²) in [6.45, 7) is 4.73. The molecule has 0 aliphatic carbocycles. The van der Waals surface area contributed by atoms with E-state index in [9.17, 15) is 13.2 Å². The molecule has 4 rings (SSSR count). The quantitative estimate of drug-likeness (QED) is 0.481. The number of para-hydroxylation sites is 1. The lowest BCUT2D eigenvalue weighted by molar-refractivity contribution is 0.0752. The molecule has 0 unspecified atom stereocenters. The summed E-state index contributed by atoms with van der Waals surface area (Å²) in [5, 5.41) is 0.240. The van der Waals surface area contributed by atoms with Gasteiger partial charge in [0.2, 0.25) is 10.0 Å². The van der Waals surface area contributed by atoms with Gasteiger partial charge in [0.25, 0.3) is 5.91 Å². The van der Waals surface area contributed by atoms with Crippen molar-refractivity contribution in [1.29, 1.82) is 0 Å². The topological polar surface area (TPSA) is 60.9 Å². The van der Waals surface area contributed by atoms with Gasteiger partial charge in [-0.3, -0.25) is 4.79 Å². The molecule has 178 valence electrons. The normalized spacial score (nSPS) is 14.7. The molecule has 6 nitrogen and oxygen atoms in total. The Morgan fingerprint density at radius 1 is 0.912 bits per heavy atom. The maximum Gasteiger partial charge on any atom is 0.255 e. The Kier molecular flexibility index (Phi) is 7.56. The van der Waals surface area contributed by atoms with Crippen molar-refractivity contribution in [3.8, 4) is 0 Å². The molecule has 0 spiro atoms. The second-order valence-corrected chi connectivity index (χ2v) is 10.5. The van der Waals surface area contributed by atoms with Crippen molar-refractivity contribution < 1.29 is 13.2 Å². The van der Waals surface area contributed by atoms with E-state index in [1.165, 1.54) is 22.5 Å². The van der Waals surface area contributed by atoms with Crippen LogP contribution < -0.4 is 4.90 Å². The van der Waals surface area contributed by atoms with Gasteiger partial charge in [-0.05, 0) is 42.8 Å². The summed E-state index contributed by atoms with van der Waals surface area (Å²) < 4.78 is 28.3. The number of rotatable bonds is 7. The van der Waals surface area contributed by atoms with Crippen LogP contribution in [0.5, 0.6) is 0 Å². The first-order valence-corrected chi connectivity index (χ1v) is 13.1. The molecule has 1 amide bonds. The number of hydrogen-bond donors (Lipinski definition) is 0. The van der Waals surface area contributed by atoms with Gasteiger partial charge < -0.3 is 9.80 Å². The molecule has 1 fully saturated rings. The molecule has 8 heteroatoms. The number of hydrogen-bond acceptors (Lipinski definition) is 4. The smallest absolute Gasteiger partial charge is 0.255 e. The van der Waals surface area contributed by atoms with Crippen molar-refractivity contribution in [3.05, 3.63) is 95.0 Å². The van der Waals surface area contributed by atoms with E-state index >= 15 is 0 Å². The van der Waals surface area contributed by atoms with Crippen molar-refractivity contribution in [3.63, 3.8) is 0 Å². The number of amides is 1. The Hall–Kier alpha value is -2.87. The Bertz CT molecular complexity index is 1230. The average molecular weight is 498 g/mol. The predicted molar refractivity (Wildman–Crippen MR) is 136 cm³/mol. The molecule has 1 saturated heterocycles. The molecular weight excluding hydrogens is 470 g/mol. The largest absolute Gasteiger partial charge is 0.369 e. The van der Waals surface area contributed by atoms with Crippen molar-refractivity contribution in [2.24, 2.45) is 0 Å². The summed E-state index contributed by atoms with van der Waals surface area (Å²) in [4.78, 5) is 17.2. The first-order chi connectivity index (χ1) is 16.4. The van der Waals surface area contributed by atoms with E-state index in [-0.39, 0.29) is 21.4 Å². The number of carbonyl (C=O) groups excluding carboxylic acids is 1. The molecule has 0 saturated carbocycles. The van der Waals surface area contributed by atoms with Crippen LogP contribution in [0.3, 0.4) is 0 Å². The van der Waals surface area contributed by atoms with E-state index in [1.54, 1.807) is 4.90 Å². The van der Waals surface area contributed by atoms with Gasteiger partial charge in [-0.25, -0.2) is 8.42 Å². The van der Waals surface area contributed by atoms with E-state index in [2.05, 4.69) is 4.90 Å². The van der Waals surface area contributed by atoms with Gasteiger partial charge >= 0.3 is 0 Å². The second kappa shape index (κ2) is 10.6. The lowest BCUT2D eigenvalue weighted by atomic mass is 10.1. The first-order valence-electron chi connectivity index (χ1n) is 11.3. The van der Waals surface area contributed by atoms with Crippen LogP contribution >= 0.6 is 11.6 Å². The number of benzene rings is 3. The monoisotopic (exact) mass is 497 g/mol. The second-order valence-electron chi connectivity index (χ2n) is 8.17. The van der Waals surface area contributed by atoms with Gasteiger partial charge in [-0.15, -0.1) is 0 Å². The van der Waals surface area contributed by atoms with Gasteiger partial charge in [0, 0.05) is 45.0 Å². The number of carbonyl (C=O) groups is 1. The van der Waals surface area contributed by atoms with Crippen LogP contribution in [0, 0.1) is 0 Å². The molecule has 0 aromatic heterocycles. The molecule has 3 aromatic rings. The molecule has 1 aliphatic rings. The number of sulfonamides is 1. The van der Waals surface area contributed by atoms with Crippen LogP contribution in [0.25, 0.3) is 0 Å². The fourth-order valence-corrected chi connectivity index (χ4v) is 5.75. The summed E-state index contributed by atoms with van der Waals surface area (Å²) in [6.07, 6.45) is 0. The third-order valence-corrected chi connectivity index (χ3v) is 8.28. The number of anilines is 1. The summed E-state index contributed by atoms with van der Waals surface area (Å²) in [6, 6.07) is 24.0. The molecule has 0 atom stereocenters. The Labute approximate surface area is 206 Å². The van der Waals surface area contributed by atoms with Crippen LogP contribution in [0.2, 0.25) is 5.02 Å². The standard InChI is InChI=1S/C26H28ClN3O3S/c1-2-28(20-21-9-5-3-6-10-21)26(31)24-19-23(13-14-25(24)27)34(32,33)30-17-15-29(16-18-30)22-11-7-4-8-12-22/h3-14,19H,2,15-18,20H2,1H3. The van der Waals surface area contributed by atoms with Gasteiger partial charge in [0.05, 0.1) is 15.5 Å². The van der Waals surface area contributed by atoms with Crippen molar-refractivity contribution in [2.45, 2.75) is 18.4 Å². The highest BCUT2D eigenvalue weighted by molar-refractivity contribution is 7.89. The summed E-state index contributed by atoms with van der Waals surface area (Å²) in [7, 11) is -3.75. The first kappa shape index (κ1) is 24.3. The highest BCUT2D eigenvalue weighted by Gasteiger charge is 2.30. The zero-order chi connectivity index (χ0) is 24.1. The lowest BCUT2D eigenvalue weighted by Gasteiger charge is -2.35. The summed E-state index contributed by atoms with van der Waals surface area (Å²) >= 11 is 6.36. The van der Waals surface area contributed by atoms with Crippen LogP contribution in [0.1, 0.15) is 22.8 Å². The minimum atomic E-state index is -3.75. The molecule has 0 bridgehead atoms. The van der Waals surface area contributed by atoms with Crippen molar-refractivity contribution in [2.75, 3.05) is 37.6 Å². The van der Waals surface area contributed by atoms with Crippen LogP contribution in [0.15, 0.2) is 83.8 Å². The minimum Gasteiger partial charge on any atom is -0.369 e. The molecule has 0 N–H and O–H groups in total. The van der Waals surface area contributed by atoms with Crippen LogP contribution in [-0.2, 0) is 16.6 Å². The van der Waals surface area contributed by atoms with E-state index in [1.807, 2.05) is 67.6 Å². The zero-order valence-corrected chi connectivity index (χ0v) is 20.7. The van der Waals surface area contributed by atoms with Gasteiger partial charge in [-0.1, -0.05) is 60.1 Å². The maximum absolute atomic E-state index is 13.4. The molecule has 3 aromatic carbocycles. The fourth-order valence-electron chi connectivity index (χ4n) is 4.10. The number of halogens is 1. The Balaban J connectivity index is 1.52. The highest BCUT2D eigenvalue weighted by atomic mass is 35.5. The fraction of sp³-hybridized carbons (Fsp3) is 0.269. The summed E-state index contributed by atoms with van der Waals surface area (Å²) in [5.74, 6) is -0.290. The van der Waals surface area contributed by atoms with Crippen molar-refractivity contribution in [1.82, 2.24) is 9.21 Å². The number of piperazine rings is 1. The van der Waals surface area contributed by atoms with E-state index in [4.69, 9.17) is 11.6 Å². The molecule has 1 heterocycles. The minimum absolute atomic E-state index is 0.0872. The highest BCUT2D eigenvalue weighted by Crippen LogP contribution is 2.26. The maximum atomic E-state index is 13.4.